The predicted molar refractivity (Wildman–Crippen MR) is 65.3 cm³/mol. The zero-order valence-corrected chi connectivity index (χ0v) is 10.3. The van der Waals surface area contributed by atoms with Crippen molar-refractivity contribution >= 4 is 5.97 Å². The molecule has 0 radical (unpaired) electrons. The van der Waals surface area contributed by atoms with Crippen LogP contribution < -0.4 is 0 Å². The number of unbranched alkanes of at least 4 members (excludes halogenated alkanes) is 3. The van der Waals surface area contributed by atoms with E-state index in [9.17, 15) is 4.79 Å². The van der Waals surface area contributed by atoms with Gasteiger partial charge in [0.1, 0.15) is 6.61 Å². The third kappa shape index (κ3) is 5.31. The Morgan fingerprint density at radius 3 is 2.75 bits per heavy atom. The van der Waals surface area contributed by atoms with Gasteiger partial charge in [-0.1, -0.05) is 39.2 Å². The van der Waals surface area contributed by atoms with Gasteiger partial charge in [-0.2, -0.15) is 0 Å². The Morgan fingerprint density at radius 1 is 1.44 bits per heavy atom. The minimum atomic E-state index is -0.305. The van der Waals surface area contributed by atoms with Crippen LogP contribution >= 0.6 is 0 Å². The number of hydrogen-bond acceptors (Lipinski definition) is 3. The molecule has 0 saturated carbocycles. The Bertz CT molecular complexity index is 224. The summed E-state index contributed by atoms with van der Waals surface area (Å²) in [4.78, 5) is 13.3. The summed E-state index contributed by atoms with van der Waals surface area (Å²) in [6.07, 6.45) is 7.47. The van der Waals surface area contributed by atoms with Crippen LogP contribution in [0.15, 0.2) is 12.7 Å². The van der Waals surface area contributed by atoms with Gasteiger partial charge in [-0.15, -0.1) is 0 Å². The molecule has 3 heteroatoms. The number of nitrogens with zero attached hydrogens (tertiary/aromatic N) is 1. The standard InChI is InChI=1S/C13H23NO2/c1-3-5-6-7-8-12(14-9-10-14)11-16-13(15)4-2/h4,12H,2-3,5-11H2,1H3. The Labute approximate surface area is 98.5 Å². The van der Waals surface area contributed by atoms with Crippen molar-refractivity contribution in [1.82, 2.24) is 4.90 Å². The summed E-state index contributed by atoms with van der Waals surface area (Å²) in [6.45, 7) is 8.45. The van der Waals surface area contributed by atoms with Crippen LogP contribution in [-0.2, 0) is 9.53 Å². The highest BCUT2D eigenvalue weighted by Gasteiger charge is 2.27. The Morgan fingerprint density at radius 2 is 2.19 bits per heavy atom. The molecule has 1 rings (SSSR count). The van der Waals surface area contributed by atoms with Gasteiger partial charge in [0.05, 0.1) is 0 Å². The lowest BCUT2D eigenvalue weighted by Gasteiger charge is -2.17. The van der Waals surface area contributed by atoms with Crippen LogP contribution in [0.25, 0.3) is 0 Å². The second-order valence-corrected chi connectivity index (χ2v) is 4.37. The van der Waals surface area contributed by atoms with Crippen molar-refractivity contribution in [3.63, 3.8) is 0 Å². The molecule has 1 atom stereocenters. The van der Waals surface area contributed by atoms with Crippen molar-refractivity contribution in [2.45, 2.75) is 45.1 Å². The monoisotopic (exact) mass is 225 g/mol. The number of carbonyl (C=O) groups excluding carboxylic acids is 1. The summed E-state index contributed by atoms with van der Waals surface area (Å²) in [6, 6.07) is 0.431. The Kier molecular flexibility index (Phi) is 6.16. The molecule has 3 nitrogen and oxygen atoms in total. The molecule has 1 unspecified atom stereocenters. The molecule has 1 aliphatic heterocycles. The van der Waals surface area contributed by atoms with Crippen molar-refractivity contribution < 1.29 is 9.53 Å². The molecule has 0 aliphatic carbocycles. The summed E-state index contributed by atoms with van der Waals surface area (Å²) >= 11 is 0. The molecule has 0 aromatic carbocycles. The molecule has 92 valence electrons. The van der Waals surface area contributed by atoms with E-state index in [0.29, 0.717) is 12.6 Å². The van der Waals surface area contributed by atoms with E-state index in [1.54, 1.807) is 0 Å². The number of carbonyl (C=O) groups is 1. The smallest absolute Gasteiger partial charge is 0.330 e. The van der Waals surface area contributed by atoms with Crippen molar-refractivity contribution in [3.05, 3.63) is 12.7 Å². The Hall–Kier alpha value is -0.830. The Balaban J connectivity index is 2.14. The maximum Gasteiger partial charge on any atom is 0.330 e. The summed E-state index contributed by atoms with van der Waals surface area (Å²) in [7, 11) is 0. The minimum Gasteiger partial charge on any atom is -0.461 e. The average Bonchev–Trinajstić information content (AvgIpc) is 3.11. The van der Waals surface area contributed by atoms with Gasteiger partial charge in [0.15, 0.2) is 0 Å². The molecule has 1 saturated heterocycles. The van der Waals surface area contributed by atoms with Gasteiger partial charge in [-0.05, 0) is 6.42 Å². The molecular formula is C13H23NO2. The number of rotatable bonds is 9. The van der Waals surface area contributed by atoms with Crippen molar-refractivity contribution in [2.24, 2.45) is 0 Å². The first kappa shape index (κ1) is 13.2. The molecule has 1 heterocycles. The normalized spacial score (nSPS) is 16.8. The van der Waals surface area contributed by atoms with E-state index >= 15 is 0 Å². The molecule has 0 bridgehead atoms. The van der Waals surface area contributed by atoms with E-state index in [0.717, 1.165) is 19.5 Å². The first-order chi connectivity index (χ1) is 7.77. The molecule has 0 aromatic heterocycles. The van der Waals surface area contributed by atoms with E-state index < -0.39 is 0 Å². The SMILES string of the molecule is C=CC(=O)OCC(CCCCCC)N1CC1. The van der Waals surface area contributed by atoms with Gasteiger partial charge in [-0.25, -0.2) is 4.79 Å². The number of hydrogen-bond donors (Lipinski definition) is 0. The van der Waals surface area contributed by atoms with Gasteiger partial charge >= 0.3 is 5.97 Å². The lowest BCUT2D eigenvalue weighted by molar-refractivity contribution is -0.139. The molecule has 0 N–H and O–H groups in total. The average molecular weight is 225 g/mol. The van der Waals surface area contributed by atoms with E-state index in [1.807, 2.05) is 0 Å². The lowest BCUT2D eigenvalue weighted by Crippen LogP contribution is -2.26. The van der Waals surface area contributed by atoms with Crippen LogP contribution in [0.5, 0.6) is 0 Å². The highest BCUT2D eigenvalue weighted by molar-refractivity contribution is 5.81. The van der Waals surface area contributed by atoms with Crippen molar-refractivity contribution in [1.29, 1.82) is 0 Å². The zero-order chi connectivity index (χ0) is 11.8. The zero-order valence-electron chi connectivity index (χ0n) is 10.3. The summed E-state index contributed by atoms with van der Waals surface area (Å²) < 4.78 is 5.11. The summed E-state index contributed by atoms with van der Waals surface area (Å²) in [5.41, 5.74) is 0. The highest BCUT2D eigenvalue weighted by Crippen LogP contribution is 2.17. The first-order valence-electron chi connectivity index (χ1n) is 6.31. The third-order valence-electron chi connectivity index (χ3n) is 2.97. The number of ether oxygens (including phenoxy) is 1. The van der Waals surface area contributed by atoms with Gasteiger partial charge < -0.3 is 4.74 Å². The third-order valence-corrected chi connectivity index (χ3v) is 2.97. The predicted octanol–water partition coefficient (Wildman–Crippen LogP) is 2.37. The number of esters is 1. The van der Waals surface area contributed by atoms with Crippen LogP contribution in [0.1, 0.15) is 39.0 Å². The van der Waals surface area contributed by atoms with Crippen LogP contribution in [0, 0.1) is 0 Å². The topological polar surface area (TPSA) is 29.3 Å². The molecule has 1 aliphatic rings. The molecule has 0 spiro atoms. The summed E-state index contributed by atoms with van der Waals surface area (Å²) in [5.74, 6) is -0.305. The van der Waals surface area contributed by atoms with Gasteiger partial charge in [0.25, 0.3) is 0 Å². The van der Waals surface area contributed by atoms with Gasteiger partial charge in [0, 0.05) is 25.2 Å². The summed E-state index contributed by atoms with van der Waals surface area (Å²) in [5, 5.41) is 0. The van der Waals surface area contributed by atoms with Crippen LogP contribution in [0.2, 0.25) is 0 Å². The fourth-order valence-corrected chi connectivity index (χ4v) is 1.84. The van der Waals surface area contributed by atoms with Crippen LogP contribution in [0.3, 0.4) is 0 Å². The van der Waals surface area contributed by atoms with E-state index in [1.165, 1.54) is 31.8 Å². The second-order valence-electron chi connectivity index (χ2n) is 4.37. The van der Waals surface area contributed by atoms with Crippen molar-refractivity contribution in [2.75, 3.05) is 19.7 Å². The first-order valence-corrected chi connectivity index (χ1v) is 6.31. The second kappa shape index (κ2) is 7.44. The van der Waals surface area contributed by atoms with Crippen molar-refractivity contribution in [3.8, 4) is 0 Å². The quantitative estimate of drug-likeness (QED) is 0.261. The van der Waals surface area contributed by atoms with Gasteiger partial charge in [-0.3, -0.25) is 4.90 Å². The molecule has 1 fully saturated rings. The molecule has 0 amide bonds. The van der Waals surface area contributed by atoms with E-state index in [2.05, 4.69) is 18.4 Å². The van der Waals surface area contributed by atoms with Gasteiger partial charge in [0.2, 0.25) is 0 Å². The minimum absolute atomic E-state index is 0.305. The highest BCUT2D eigenvalue weighted by atomic mass is 16.5. The lowest BCUT2D eigenvalue weighted by atomic mass is 10.1. The largest absolute Gasteiger partial charge is 0.461 e. The van der Waals surface area contributed by atoms with Crippen LogP contribution in [-0.4, -0.2) is 36.6 Å². The maximum atomic E-state index is 11.0. The van der Waals surface area contributed by atoms with Crippen LogP contribution in [0.4, 0.5) is 0 Å². The maximum absolute atomic E-state index is 11.0. The fourth-order valence-electron chi connectivity index (χ4n) is 1.84. The molecular weight excluding hydrogens is 202 g/mol. The molecule has 16 heavy (non-hydrogen) atoms. The molecule has 0 aromatic rings. The van der Waals surface area contributed by atoms with E-state index in [4.69, 9.17) is 4.74 Å². The fraction of sp³-hybridized carbons (Fsp3) is 0.769. The van der Waals surface area contributed by atoms with E-state index in [-0.39, 0.29) is 5.97 Å².